The van der Waals surface area contributed by atoms with E-state index in [9.17, 15) is 9.90 Å². The number of hydrogen-bond acceptors (Lipinski definition) is 3. The zero-order valence-electron chi connectivity index (χ0n) is 12.7. The molecule has 3 saturated heterocycles. The minimum Gasteiger partial charge on any atom is -0.481 e. The quantitative estimate of drug-likeness (QED) is 0.857. The average molecular weight is 280 g/mol. The van der Waals surface area contributed by atoms with E-state index in [1.54, 1.807) is 0 Å². The highest BCUT2D eigenvalue weighted by molar-refractivity contribution is 5.75. The Balaban J connectivity index is 1.72. The van der Waals surface area contributed by atoms with Crippen LogP contribution in [-0.2, 0) is 4.79 Å². The van der Waals surface area contributed by atoms with E-state index in [2.05, 4.69) is 16.7 Å². The van der Waals surface area contributed by atoms with Gasteiger partial charge in [-0.25, -0.2) is 0 Å². The van der Waals surface area contributed by atoms with Gasteiger partial charge in [0.1, 0.15) is 0 Å². The Bertz CT molecular complexity index is 369. The first kappa shape index (κ1) is 14.3. The molecule has 20 heavy (non-hydrogen) atoms. The summed E-state index contributed by atoms with van der Waals surface area (Å²) < 4.78 is 0. The minimum absolute atomic E-state index is 0.473. The maximum atomic E-state index is 11.8. The molecule has 3 atom stereocenters. The molecule has 114 valence electrons. The molecule has 0 aromatic heterocycles. The molecule has 0 amide bonds. The van der Waals surface area contributed by atoms with Crippen LogP contribution in [0.2, 0.25) is 0 Å². The fourth-order valence-corrected chi connectivity index (χ4v) is 4.90. The van der Waals surface area contributed by atoms with E-state index in [1.165, 1.54) is 32.4 Å². The van der Waals surface area contributed by atoms with Crippen molar-refractivity contribution >= 4 is 5.97 Å². The summed E-state index contributed by atoms with van der Waals surface area (Å²) in [6, 6.07) is 1.33. The molecule has 3 aliphatic heterocycles. The second kappa shape index (κ2) is 5.64. The first-order chi connectivity index (χ1) is 9.66. The van der Waals surface area contributed by atoms with Gasteiger partial charge in [-0.15, -0.1) is 0 Å². The molecule has 3 heterocycles. The van der Waals surface area contributed by atoms with Gasteiger partial charge < -0.3 is 5.11 Å². The van der Waals surface area contributed by atoms with Gasteiger partial charge in [0.25, 0.3) is 0 Å². The van der Waals surface area contributed by atoms with Crippen LogP contribution < -0.4 is 0 Å². The summed E-state index contributed by atoms with van der Waals surface area (Å²) in [7, 11) is 0. The smallest absolute Gasteiger partial charge is 0.310 e. The van der Waals surface area contributed by atoms with Crippen molar-refractivity contribution in [2.75, 3.05) is 26.2 Å². The van der Waals surface area contributed by atoms with E-state index >= 15 is 0 Å². The van der Waals surface area contributed by atoms with Crippen molar-refractivity contribution in [2.45, 2.75) is 64.0 Å². The Morgan fingerprint density at radius 1 is 1.15 bits per heavy atom. The largest absolute Gasteiger partial charge is 0.481 e. The van der Waals surface area contributed by atoms with E-state index < -0.39 is 11.4 Å². The summed E-state index contributed by atoms with van der Waals surface area (Å²) in [5, 5.41) is 9.73. The maximum Gasteiger partial charge on any atom is 0.310 e. The third-order valence-electron chi connectivity index (χ3n) is 5.83. The number of aliphatic carboxylic acids is 1. The van der Waals surface area contributed by atoms with Crippen LogP contribution in [0.5, 0.6) is 0 Å². The normalized spacial score (nSPS) is 39.0. The highest BCUT2D eigenvalue weighted by atomic mass is 16.4. The third-order valence-corrected chi connectivity index (χ3v) is 5.83. The summed E-state index contributed by atoms with van der Waals surface area (Å²) >= 11 is 0. The van der Waals surface area contributed by atoms with Gasteiger partial charge in [-0.3, -0.25) is 14.6 Å². The molecular weight excluding hydrogens is 252 g/mol. The predicted molar refractivity (Wildman–Crippen MR) is 78.8 cm³/mol. The lowest BCUT2D eigenvalue weighted by atomic mass is 9.75. The molecule has 0 aromatic rings. The van der Waals surface area contributed by atoms with Crippen LogP contribution in [0.25, 0.3) is 0 Å². The standard InChI is InChI=1S/C16H28N2O2/c1-2-7-16(15(19)20)8-4-10-18(12-16)14-6-11-17-9-3-5-13(14)17/h13-14H,2-12H2,1H3,(H,19,20). The van der Waals surface area contributed by atoms with Crippen LogP contribution in [-0.4, -0.2) is 59.1 Å². The van der Waals surface area contributed by atoms with Crippen LogP contribution in [0, 0.1) is 5.41 Å². The fraction of sp³-hybridized carbons (Fsp3) is 0.938. The second-order valence-corrected chi connectivity index (χ2v) is 7.01. The summed E-state index contributed by atoms with van der Waals surface area (Å²) in [6.07, 6.45) is 7.61. The Morgan fingerprint density at radius 2 is 1.90 bits per heavy atom. The molecule has 0 saturated carbocycles. The van der Waals surface area contributed by atoms with Crippen molar-refractivity contribution in [3.05, 3.63) is 0 Å². The molecule has 3 rings (SSSR count). The number of likely N-dealkylation sites (tertiary alicyclic amines) is 1. The van der Waals surface area contributed by atoms with Crippen molar-refractivity contribution in [1.82, 2.24) is 9.80 Å². The van der Waals surface area contributed by atoms with E-state index in [0.29, 0.717) is 12.1 Å². The molecule has 0 spiro atoms. The highest BCUT2D eigenvalue weighted by Crippen LogP contribution is 2.39. The first-order valence-corrected chi connectivity index (χ1v) is 8.38. The number of nitrogens with zero attached hydrogens (tertiary/aromatic N) is 2. The van der Waals surface area contributed by atoms with E-state index in [1.807, 2.05) is 0 Å². The van der Waals surface area contributed by atoms with Crippen molar-refractivity contribution in [1.29, 1.82) is 0 Å². The van der Waals surface area contributed by atoms with Crippen LogP contribution >= 0.6 is 0 Å². The van der Waals surface area contributed by atoms with E-state index in [-0.39, 0.29) is 0 Å². The van der Waals surface area contributed by atoms with Gasteiger partial charge in [-0.05, 0) is 51.6 Å². The molecule has 3 aliphatic rings. The number of carbonyl (C=O) groups is 1. The molecule has 4 nitrogen and oxygen atoms in total. The number of carboxylic acid groups (broad SMARTS) is 1. The highest BCUT2D eigenvalue weighted by Gasteiger charge is 2.47. The third kappa shape index (κ3) is 2.37. The SMILES string of the molecule is CCCC1(C(=O)O)CCCN(C2CCN3CCCC23)C1. The monoisotopic (exact) mass is 280 g/mol. The second-order valence-electron chi connectivity index (χ2n) is 7.01. The summed E-state index contributed by atoms with van der Waals surface area (Å²) in [5.74, 6) is -0.565. The van der Waals surface area contributed by atoms with Gasteiger partial charge in [0.05, 0.1) is 5.41 Å². The van der Waals surface area contributed by atoms with Crippen molar-refractivity contribution < 1.29 is 9.90 Å². The zero-order valence-corrected chi connectivity index (χ0v) is 12.7. The molecule has 3 fully saturated rings. The summed E-state index contributed by atoms with van der Waals surface area (Å²) in [6.45, 7) is 6.48. The number of piperidine rings is 1. The summed E-state index contributed by atoms with van der Waals surface area (Å²) in [5.41, 5.74) is -0.473. The van der Waals surface area contributed by atoms with Crippen LogP contribution in [0.15, 0.2) is 0 Å². The minimum atomic E-state index is -0.565. The number of fused-ring (bicyclic) bond motifs is 1. The fourth-order valence-electron chi connectivity index (χ4n) is 4.90. The molecule has 3 unspecified atom stereocenters. The lowest BCUT2D eigenvalue weighted by Crippen LogP contribution is -2.53. The van der Waals surface area contributed by atoms with E-state index in [4.69, 9.17) is 0 Å². The molecule has 1 N–H and O–H groups in total. The average Bonchev–Trinajstić information content (AvgIpc) is 3.01. The van der Waals surface area contributed by atoms with Crippen molar-refractivity contribution in [2.24, 2.45) is 5.41 Å². The van der Waals surface area contributed by atoms with Gasteiger partial charge in [-0.1, -0.05) is 13.3 Å². The van der Waals surface area contributed by atoms with Crippen LogP contribution in [0.4, 0.5) is 0 Å². The first-order valence-electron chi connectivity index (χ1n) is 8.38. The lowest BCUT2D eigenvalue weighted by Gasteiger charge is -2.44. The summed E-state index contributed by atoms with van der Waals surface area (Å²) in [4.78, 5) is 17.0. The van der Waals surface area contributed by atoms with Gasteiger partial charge in [0.15, 0.2) is 0 Å². The molecule has 0 radical (unpaired) electrons. The van der Waals surface area contributed by atoms with Crippen LogP contribution in [0.3, 0.4) is 0 Å². The van der Waals surface area contributed by atoms with Gasteiger partial charge in [-0.2, -0.15) is 0 Å². The lowest BCUT2D eigenvalue weighted by molar-refractivity contribution is -0.154. The Hall–Kier alpha value is -0.610. The Morgan fingerprint density at radius 3 is 2.65 bits per heavy atom. The zero-order chi connectivity index (χ0) is 14.2. The molecule has 0 bridgehead atoms. The van der Waals surface area contributed by atoms with Gasteiger partial charge >= 0.3 is 5.97 Å². The number of hydrogen-bond donors (Lipinski definition) is 1. The molecular formula is C16H28N2O2. The van der Waals surface area contributed by atoms with Crippen LogP contribution in [0.1, 0.15) is 51.9 Å². The molecule has 0 aliphatic carbocycles. The molecule has 0 aromatic carbocycles. The van der Waals surface area contributed by atoms with E-state index in [0.717, 1.165) is 38.8 Å². The number of rotatable bonds is 4. The maximum absolute atomic E-state index is 11.8. The number of carboxylic acids is 1. The molecule has 4 heteroatoms. The predicted octanol–water partition coefficient (Wildman–Crippen LogP) is 2.19. The Labute approximate surface area is 122 Å². The van der Waals surface area contributed by atoms with Gasteiger partial charge in [0.2, 0.25) is 0 Å². The van der Waals surface area contributed by atoms with Gasteiger partial charge in [0, 0.05) is 25.2 Å². The topological polar surface area (TPSA) is 43.8 Å². The van der Waals surface area contributed by atoms with Crippen molar-refractivity contribution in [3.8, 4) is 0 Å². The van der Waals surface area contributed by atoms with Crippen molar-refractivity contribution in [3.63, 3.8) is 0 Å². The Kier molecular flexibility index (Phi) is 4.04.